The predicted molar refractivity (Wildman–Crippen MR) is 76.4 cm³/mol. The highest BCUT2D eigenvalue weighted by molar-refractivity contribution is 9.10. The van der Waals surface area contributed by atoms with Crippen LogP contribution in [0, 0.1) is 6.92 Å². The Bertz CT molecular complexity index is 724. The third-order valence-corrected chi connectivity index (χ3v) is 3.69. The number of rotatable bonds is 2. The fraction of sp³-hybridized carbons (Fsp3) is 0.0769. The highest BCUT2D eigenvalue weighted by atomic mass is 79.9. The Labute approximate surface area is 122 Å². The number of benzene rings is 1. The molecule has 0 radical (unpaired) electrons. The van der Waals surface area contributed by atoms with Gasteiger partial charge in [0, 0.05) is 21.8 Å². The SMILES string of the molecule is Cc1cc(Br)c(-n2cc(C(=O)O)ccc2=O)cc1Cl. The molecule has 4 nitrogen and oxygen atoms in total. The maximum atomic E-state index is 11.8. The number of carbonyl (C=O) groups is 1. The predicted octanol–water partition coefficient (Wildman–Crippen LogP) is 3.26. The lowest BCUT2D eigenvalue weighted by Gasteiger charge is -2.10. The van der Waals surface area contributed by atoms with E-state index in [-0.39, 0.29) is 11.1 Å². The molecule has 1 N–H and O–H groups in total. The molecule has 0 aliphatic rings. The van der Waals surface area contributed by atoms with Gasteiger partial charge in [0.1, 0.15) is 0 Å². The Kier molecular flexibility index (Phi) is 3.78. The molecular formula is C13H9BrClNO3. The smallest absolute Gasteiger partial charge is 0.337 e. The molecule has 1 aromatic carbocycles. The summed E-state index contributed by atoms with van der Waals surface area (Å²) in [6.45, 7) is 1.84. The number of aryl methyl sites for hydroxylation is 1. The quantitative estimate of drug-likeness (QED) is 0.911. The van der Waals surface area contributed by atoms with Crippen LogP contribution >= 0.6 is 27.5 Å². The summed E-state index contributed by atoms with van der Waals surface area (Å²) in [4.78, 5) is 22.8. The number of halogens is 2. The maximum absolute atomic E-state index is 11.8. The lowest BCUT2D eigenvalue weighted by molar-refractivity contribution is 0.0696. The molecule has 0 spiro atoms. The number of nitrogens with zero attached hydrogens (tertiary/aromatic N) is 1. The largest absolute Gasteiger partial charge is 0.478 e. The van der Waals surface area contributed by atoms with Crippen molar-refractivity contribution in [1.29, 1.82) is 0 Å². The summed E-state index contributed by atoms with van der Waals surface area (Å²) in [6, 6.07) is 5.88. The monoisotopic (exact) mass is 341 g/mol. The van der Waals surface area contributed by atoms with Crippen molar-refractivity contribution >= 4 is 33.5 Å². The van der Waals surface area contributed by atoms with E-state index in [1.54, 1.807) is 12.1 Å². The number of carboxylic acids is 1. The second-order valence-corrected chi connectivity index (χ2v) is 5.25. The average molecular weight is 343 g/mol. The molecule has 0 saturated heterocycles. The zero-order valence-electron chi connectivity index (χ0n) is 9.85. The van der Waals surface area contributed by atoms with Gasteiger partial charge in [-0.2, -0.15) is 0 Å². The van der Waals surface area contributed by atoms with Gasteiger partial charge in [-0.15, -0.1) is 0 Å². The first-order valence-corrected chi connectivity index (χ1v) is 6.49. The number of carboxylic acid groups (broad SMARTS) is 1. The molecule has 0 fully saturated rings. The van der Waals surface area contributed by atoms with E-state index in [2.05, 4.69) is 15.9 Å². The number of aromatic nitrogens is 1. The Morgan fingerprint density at radius 1 is 1.37 bits per heavy atom. The minimum atomic E-state index is -1.09. The van der Waals surface area contributed by atoms with Gasteiger partial charge in [0.25, 0.3) is 5.56 Å². The van der Waals surface area contributed by atoms with Crippen LogP contribution in [0.5, 0.6) is 0 Å². The Balaban J connectivity index is 2.71. The van der Waals surface area contributed by atoms with E-state index in [4.69, 9.17) is 16.7 Å². The lowest BCUT2D eigenvalue weighted by Crippen LogP contribution is -2.18. The van der Waals surface area contributed by atoms with Crippen molar-refractivity contribution in [3.8, 4) is 5.69 Å². The van der Waals surface area contributed by atoms with Gasteiger partial charge < -0.3 is 5.11 Å². The van der Waals surface area contributed by atoms with Crippen molar-refractivity contribution in [3.63, 3.8) is 0 Å². The van der Waals surface area contributed by atoms with Gasteiger partial charge >= 0.3 is 5.97 Å². The molecule has 0 atom stereocenters. The van der Waals surface area contributed by atoms with Crippen LogP contribution < -0.4 is 5.56 Å². The van der Waals surface area contributed by atoms with Crippen LogP contribution in [0.1, 0.15) is 15.9 Å². The van der Waals surface area contributed by atoms with Crippen LogP contribution in [0.25, 0.3) is 5.69 Å². The zero-order chi connectivity index (χ0) is 14.2. The first-order chi connectivity index (χ1) is 8.90. The van der Waals surface area contributed by atoms with Crippen molar-refractivity contribution < 1.29 is 9.90 Å². The fourth-order valence-corrected chi connectivity index (χ4v) is 2.43. The average Bonchev–Trinajstić information content (AvgIpc) is 2.34. The second kappa shape index (κ2) is 5.19. The van der Waals surface area contributed by atoms with Crippen molar-refractivity contribution in [2.24, 2.45) is 0 Å². The topological polar surface area (TPSA) is 59.3 Å². The van der Waals surface area contributed by atoms with Gasteiger partial charge in [0.05, 0.1) is 11.3 Å². The van der Waals surface area contributed by atoms with Gasteiger partial charge in [-0.05, 0) is 46.6 Å². The molecule has 2 aromatic rings. The summed E-state index contributed by atoms with van der Waals surface area (Å²) in [5, 5.41) is 9.47. The van der Waals surface area contributed by atoms with Crippen molar-refractivity contribution in [2.45, 2.75) is 6.92 Å². The van der Waals surface area contributed by atoms with E-state index in [1.165, 1.54) is 22.9 Å². The Morgan fingerprint density at radius 3 is 2.68 bits per heavy atom. The van der Waals surface area contributed by atoms with Gasteiger partial charge in [0.2, 0.25) is 0 Å². The third-order valence-electron chi connectivity index (χ3n) is 2.65. The molecule has 1 aromatic heterocycles. The van der Waals surface area contributed by atoms with E-state index in [1.807, 2.05) is 6.92 Å². The van der Waals surface area contributed by atoms with E-state index >= 15 is 0 Å². The Hall–Kier alpha value is -1.59. The number of pyridine rings is 1. The van der Waals surface area contributed by atoms with Gasteiger partial charge in [-0.25, -0.2) is 4.79 Å². The summed E-state index contributed by atoms with van der Waals surface area (Å²) in [7, 11) is 0. The minimum Gasteiger partial charge on any atom is -0.478 e. The molecule has 0 saturated carbocycles. The first kappa shape index (κ1) is 13.8. The van der Waals surface area contributed by atoms with Crippen LogP contribution in [0.4, 0.5) is 0 Å². The van der Waals surface area contributed by atoms with Crippen LogP contribution in [-0.2, 0) is 0 Å². The molecule has 98 valence electrons. The fourth-order valence-electron chi connectivity index (χ4n) is 1.62. The summed E-state index contributed by atoms with van der Waals surface area (Å²) >= 11 is 9.39. The van der Waals surface area contributed by atoms with Gasteiger partial charge in [0.15, 0.2) is 0 Å². The van der Waals surface area contributed by atoms with Gasteiger partial charge in [-0.3, -0.25) is 9.36 Å². The van der Waals surface area contributed by atoms with Crippen LogP contribution in [0.3, 0.4) is 0 Å². The summed E-state index contributed by atoms with van der Waals surface area (Å²) in [6.07, 6.45) is 1.27. The maximum Gasteiger partial charge on any atom is 0.337 e. The zero-order valence-corrected chi connectivity index (χ0v) is 12.2. The summed E-state index contributed by atoms with van der Waals surface area (Å²) in [5.41, 5.74) is 1.07. The van der Waals surface area contributed by atoms with Crippen LogP contribution in [0.15, 0.2) is 39.7 Å². The van der Waals surface area contributed by atoms with Crippen molar-refractivity contribution in [2.75, 3.05) is 0 Å². The molecule has 19 heavy (non-hydrogen) atoms. The molecular weight excluding hydrogens is 334 g/mol. The van der Waals surface area contributed by atoms with Crippen LogP contribution in [0.2, 0.25) is 5.02 Å². The van der Waals surface area contributed by atoms with E-state index in [0.29, 0.717) is 15.2 Å². The van der Waals surface area contributed by atoms with Crippen LogP contribution in [-0.4, -0.2) is 15.6 Å². The van der Waals surface area contributed by atoms with E-state index in [9.17, 15) is 9.59 Å². The summed E-state index contributed by atoms with van der Waals surface area (Å²) < 4.78 is 1.91. The third kappa shape index (κ3) is 2.72. The number of hydrogen-bond donors (Lipinski definition) is 1. The molecule has 0 unspecified atom stereocenters. The van der Waals surface area contributed by atoms with Crippen molar-refractivity contribution in [1.82, 2.24) is 4.57 Å². The van der Waals surface area contributed by atoms with Gasteiger partial charge in [-0.1, -0.05) is 11.6 Å². The molecule has 6 heteroatoms. The van der Waals surface area contributed by atoms with Crippen molar-refractivity contribution in [3.05, 3.63) is 61.4 Å². The number of aromatic carboxylic acids is 1. The highest BCUT2D eigenvalue weighted by Gasteiger charge is 2.11. The Morgan fingerprint density at radius 2 is 2.05 bits per heavy atom. The molecule has 0 aliphatic heterocycles. The molecule has 0 bridgehead atoms. The van der Waals surface area contributed by atoms with E-state index in [0.717, 1.165) is 5.56 Å². The second-order valence-electron chi connectivity index (χ2n) is 3.98. The molecule has 2 rings (SSSR count). The van der Waals surface area contributed by atoms with E-state index < -0.39 is 5.97 Å². The highest BCUT2D eigenvalue weighted by Crippen LogP contribution is 2.27. The molecule has 1 heterocycles. The first-order valence-electron chi connectivity index (χ1n) is 5.32. The minimum absolute atomic E-state index is 0.0307. The standard InChI is InChI=1S/C13H9BrClNO3/c1-7-4-9(14)11(5-10(7)15)16-6-8(13(18)19)2-3-12(16)17/h2-6H,1H3,(H,18,19). The molecule has 0 amide bonds. The normalized spacial score (nSPS) is 10.5. The molecule has 0 aliphatic carbocycles. The number of hydrogen-bond acceptors (Lipinski definition) is 2. The summed E-state index contributed by atoms with van der Waals surface area (Å²) in [5.74, 6) is -1.09. The lowest BCUT2D eigenvalue weighted by atomic mass is 10.2.